The third-order valence-corrected chi connectivity index (χ3v) is 5.63. The SMILES string of the molecule is CCCCCCc1sc(CCCCCC)c2ccccc12. The van der Waals surface area contributed by atoms with E-state index < -0.39 is 0 Å². The molecule has 0 radical (unpaired) electrons. The lowest BCUT2D eigenvalue weighted by Crippen LogP contribution is -1.82. The molecule has 0 saturated heterocycles. The van der Waals surface area contributed by atoms with Crippen molar-refractivity contribution in [2.24, 2.45) is 0 Å². The van der Waals surface area contributed by atoms with E-state index in [-0.39, 0.29) is 0 Å². The van der Waals surface area contributed by atoms with Crippen LogP contribution in [0.15, 0.2) is 24.3 Å². The summed E-state index contributed by atoms with van der Waals surface area (Å²) in [6.45, 7) is 4.57. The lowest BCUT2D eigenvalue weighted by atomic mass is 10.1. The van der Waals surface area contributed by atoms with Crippen LogP contribution >= 0.6 is 11.3 Å². The van der Waals surface area contributed by atoms with Crippen molar-refractivity contribution in [3.05, 3.63) is 34.0 Å². The van der Waals surface area contributed by atoms with Gasteiger partial charge in [0.05, 0.1) is 0 Å². The maximum Gasteiger partial charge on any atom is 0.0127 e. The summed E-state index contributed by atoms with van der Waals surface area (Å²) in [4.78, 5) is 3.26. The van der Waals surface area contributed by atoms with Gasteiger partial charge in [-0.05, 0) is 36.5 Å². The molecule has 0 aliphatic carbocycles. The molecular weight excluding hydrogens is 272 g/mol. The van der Waals surface area contributed by atoms with E-state index in [9.17, 15) is 0 Å². The first-order valence-corrected chi connectivity index (χ1v) is 9.67. The van der Waals surface area contributed by atoms with Crippen LogP contribution in [0, 0.1) is 0 Å². The van der Waals surface area contributed by atoms with E-state index >= 15 is 0 Å². The Morgan fingerprint density at radius 1 is 0.667 bits per heavy atom. The van der Waals surface area contributed by atoms with Crippen LogP contribution in [0.3, 0.4) is 0 Å². The summed E-state index contributed by atoms with van der Waals surface area (Å²) in [5, 5.41) is 3.06. The van der Waals surface area contributed by atoms with Crippen LogP contribution < -0.4 is 0 Å². The Morgan fingerprint density at radius 3 is 1.57 bits per heavy atom. The van der Waals surface area contributed by atoms with Crippen LogP contribution in [-0.2, 0) is 12.8 Å². The lowest BCUT2D eigenvalue weighted by Gasteiger charge is -1.98. The fraction of sp³-hybridized carbons (Fsp3) is 0.600. The Morgan fingerprint density at radius 2 is 1.14 bits per heavy atom. The fourth-order valence-electron chi connectivity index (χ4n) is 3.02. The molecule has 0 aliphatic rings. The number of benzene rings is 1. The first-order valence-electron chi connectivity index (χ1n) is 8.86. The Bertz CT molecular complexity index is 478. The van der Waals surface area contributed by atoms with Gasteiger partial charge in [-0.3, -0.25) is 0 Å². The summed E-state index contributed by atoms with van der Waals surface area (Å²) in [6, 6.07) is 9.06. The molecule has 1 aromatic heterocycles. The molecule has 0 unspecified atom stereocenters. The number of aryl methyl sites for hydroxylation is 2. The highest BCUT2D eigenvalue weighted by Gasteiger charge is 2.10. The molecule has 2 aromatic rings. The highest BCUT2D eigenvalue weighted by atomic mass is 32.1. The minimum atomic E-state index is 1.28. The summed E-state index contributed by atoms with van der Waals surface area (Å²) in [5.74, 6) is 0. The highest BCUT2D eigenvalue weighted by molar-refractivity contribution is 7.13. The molecule has 0 aliphatic heterocycles. The zero-order chi connectivity index (χ0) is 14.9. The molecule has 1 aromatic carbocycles. The van der Waals surface area contributed by atoms with Crippen molar-refractivity contribution in [1.82, 2.24) is 0 Å². The van der Waals surface area contributed by atoms with E-state index in [4.69, 9.17) is 0 Å². The molecule has 1 heteroatoms. The standard InChI is InChI=1S/C20H30S/c1-3-5-7-9-15-19-17-13-11-12-14-18(17)20(21-19)16-10-8-6-4-2/h11-14H,3-10,15-16H2,1-2H3. The predicted octanol–water partition coefficient (Wildman–Crippen LogP) is 7.15. The van der Waals surface area contributed by atoms with Gasteiger partial charge >= 0.3 is 0 Å². The second-order valence-corrected chi connectivity index (χ2v) is 7.31. The Balaban J connectivity index is 2.03. The van der Waals surface area contributed by atoms with Crippen LogP contribution in [0.4, 0.5) is 0 Å². The van der Waals surface area contributed by atoms with E-state index in [1.54, 1.807) is 9.75 Å². The molecule has 0 amide bonds. The molecule has 2 rings (SSSR count). The van der Waals surface area contributed by atoms with Gasteiger partial charge < -0.3 is 0 Å². The lowest BCUT2D eigenvalue weighted by molar-refractivity contribution is 0.670. The van der Waals surface area contributed by atoms with E-state index in [2.05, 4.69) is 49.4 Å². The summed E-state index contributed by atoms with van der Waals surface area (Å²) >= 11 is 2.09. The fourth-order valence-corrected chi connectivity index (χ4v) is 4.39. The van der Waals surface area contributed by atoms with E-state index in [1.807, 2.05) is 0 Å². The zero-order valence-electron chi connectivity index (χ0n) is 13.8. The van der Waals surface area contributed by atoms with Crippen LogP contribution in [0.1, 0.15) is 75.0 Å². The zero-order valence-corrected chi connectivity index (χ0v) is 14.6. The molecule has 0 fully saturated rings. The largest absolute Gasteiger partial charge is 0.144 e. The molecule has 21 heavy (non-hydrogen) atoms. The van der Waals surface area contributed by atoms with Gasteiger partial charge in [0, 0.05) is 9.75 Å². The van der Waals surface area contributed by atoms with Gasteiger partial charge in [-0.1, -0.05) is 76.6 Å². The van der Waals surface area contributed by atoms with Gasteiger partial charge in [0.1, 0.15) is 0 Å². The van der Waals surface area contributed by atoms with Crippen LogP contribution in [0.25, 0.3) is 10.8 Å². The second-order valence-electron chi connectivity index (χ2n) is 6.12. The van der Waals surface area contributed by atoms with E-state index in [0.29, 0.717) is 0 Å². The summed E-state index contributed by atoms with van der Waals surface area (Å²) in [6.07, 6.45) is 13.5. The van der Waals surface area contributed by atoms with Gasteiger partial charge in [-0.2, -0.15) is 0 Å². The first-order chi connectivity index (χ1) is 10.4. The third-order valence-electron chi connectivity index (χ3n) is 4.29. The predicted molar refractivity (Wildman–Crippen MR) is 97.5 cm³/mol. The monoisotopic (exact) mass is 302 g/mol. The quantitative estimate of drug-likeness (QED) is 0.409. The normalized spacial score (nSPS) is 11.3. The van der Waals surface area contributed by atoms with Crippen molar-refractivity contribution in [3.8, 4) is 0 Å². The van der Waals surface area contributed by atoms with Gasteiger partial charge in [0.25, 0.3) is 0 Å². The van der Waals surface area contributed by atoms with Crippen molar-refractivity contribution in [3.63, 3.8) is 0 Å². The minimum Gasteiger partial charge on any atom is -0.144 e. The maximum atomic E-state index is 2.33. The van der Waals surface area contributed by atoms with E-state index in [0.717, 1.165) is 0 Å². The third kappa shape index (κ3) is 4.85. The summed E-state index contributed by atoms with van der Waals surface area (Å²) in [7, 11) is 0. The molecule has 1 heterocycles. The smallest absolute Gasteiger partial charge is 0.0127 e. The maximum absolute atomic E-state index is 2.33. The van der Waals surface area contributed by atoms with Crippen LogP contribution in [0.2, 0.25) is 0 Å². The second kappa shape index (κ2) is 9.25. The van der Waals surface area contributed by atoms with Gasteiger partial charge in [0.2, 0.25) is 0 Å². The summed E-state index contributed by atoms with van der Waals surface area (Å²) < 4.78 is 0. The number of rotatable bonds is 10. The van der Waals surface area contributed by atoms with Crippen molar-refractivity contribution < 1.29 is 0 Å². The molecule has 0 bridgehead atoms. The van der Waals surface area contributed by atoms with Crippen molar-refractivity contribution in [2.45, 2.75) is 78.1 Å². The first kappa shape index (κ1) is 16.5. The molecule has 0 saturated carbocycles. The number of hydrogen-bond acceptors (Lipinski definition) is 1. The molecule has 0 nitrogen and oxygen atoms in total. The molecule has 0 atom stereocenters. The number of thiophene rings is 1. The number of unbranched alkanes of at least 4 members (excludes halogenated alkanes) is 6. The molecule has 116 valence electrons. The Hall–Kier alpha value is -0.820. The summed E-state index contributed by atoms with van der Waals surface area (Å²) in [5.41, 5.74) is 0. The van der Waals surface area contributed by atoms with Crippen molar-refractivity contribution in [1.29, 1.82) is 0 Å². The minimum absolute atomic E-state index is 1.28. The Kier molecular flexibility index (Phi) is 7.29. The molecular formula is C20H30S. The average Bonchev–Trinajstić information content (AvgIpc) is 2.87. The number of hydrogen-bond donors (Lipinski definition) is 0. The van der Waals surface area contributed by atoms with Gasteiger partial charge in [-0.15, -0.1) is 11.3 Å². The topological polar surface area (TPSA) is 0 Å². The van der Waals surface area contributed by atoms with Crippen molar-refractivity contribution >= 4 is 22.1 Å². The molecule has 0 spiro atoms. The van der Waals surface area contributed by atoms with Crippen LogP contribution in [0.5, 0.6) is 0 Å². The van der Waals surface area contributed by atoms with Crippen molar-refractivity contribution in [2.75, 3.05) is 0 Å². The number of fused-ring (bicyclic) bond motifs is 1. The molecule has 0 N–H and O–H groups in total. The van der Waals surface area contributed by atoms with Gasteiger partial charge in [0.15, 0.2) is 0 Å². The average molecular weight is 303 g/mol. The Labute approximate surface area is 134 Å². The highest BCUT2D eigenvalue weighted by Crippen LogP contribution is 2.33. The van der Waals surface area contributed by atoms with Crippen LogP contribution in [-0.4, -0.2) is 0 Å². The van der Waals surface area contributed by atoms with Gasteiger partial charge in [-0.25, -0.2) is 0 Å². The van der Waals surface area contributed by atoms with E-state index in [1.165, 1.54) is 75.0 Å².